The third kappa shape index (κ3) is 4.00. The van der Waals surface area contributed by atoms with Gasteiger partial charge < -0.3 is 8.83 Å². The molecule has 0 aliphatic carbocycles. The molecule has 0 atom stereocenters. The number of nitrogens with zero attached hydrogens (tertiary/aromatic N) is 2. The molecule has 0 saturated carbocycles. The van der Waals surface area contributed by atoms with Gasteiger partial charge in [0.25, 0.3) is 0 Å². The molecular formula is C40H24N2O2. The molecule has 9 rings (SSSR count). The maximum Gasteiger partial charge on any atom is 0.160 e. The van der Waals surface area contributed by atoms with Gasteiger partial charge in [0, 0.05) is 38.2 Å². The summed E-state index contributed by atoms with van der Waals surface area (Å²) in [5, 5.41) is 4.46. The number of rotatable bonds is 4. The van der Waals surface area contributed by atoms with Crippen molar-refractivity contribution in [1.29, 1.82) is 0 Å². The normalized spacial score (nSPS) is 11.6. The van der Waals surface area contributed by atoms with Gasteiger partial charge in [0.2, 0.25) is 0 Å². The second kappa shape index (κ2) is 9.79. The van der Waals surface area contributed by atoms with E-state index in [1.807, 2.05) is 66.7 Å². The summed E-state index contributed by atoms with van der Waals surface area (Å²) in [7, 11) is 0. The Kier molecular flexibility index (Phi) is 5.47. The van der Waals surface area contributed by atoms with E-state index in [1.165, 1.54) is 0 Å². The average molecular weight is 565 g/mol. The van der Waals surface area contributed by atoms with Crippen LogP contribution in [0.1, 0.15) is 0 Å². The molecule has 0 saturated heterocycles. The van der Waals surface area contributed by atoms with Gasteiger partial charge in [-0.1, -0.05) is 109 Å². The summed E-state index contributed by atoms with van der Waals surface area (Å²) >= 11 is 0. The average Bonchev–Trinajstić information content (AvgIpc) is 3.66. The van der Waals surface area contributed by atoms with Gasteiger partial charge >= 0.3 is 0 Å². The molecule has 0 unspecified atom stereocenters. The van der Waals surface area contributed by atoms with Crippen LogP contribution in [0, 0.1) is 0 Å². The highest BCUT2D eigenvalue weighted by Crippen LogP contribution is 2.38. The molecule has 0 aliphatic rings. The van der Waals surface area contributed by atoms with E-state index in [4.69, 9.17) is 18.8 Å². The maximum atomic E-state index is 6.20. The van der Waals surface area contributed by atoms with Crippen LogP contribution in [-0.4, -0.2) is 9.97 Å². The fraction of sp³-hybridized carbons (Fsp3) is 0. The predicted octanol–water partition coefficient (Wildman–Crippen LogP) is 10.9. The van der Waals surface area contributed by atoms with Gasteiger partial charge in [0.1, 0.15) is 22.3 Å². The molecule has 0 bridgehead atoms. The van der Waals surface area contributed by atoms with E-state index in [0.717, 1.165) is 83.1 Å². The first-order valence-electron chi connectivity index (χ1n) is 14.7. The third-order valence-electron chi connectivity index (χ3n) is 8.33. The molecule has 0 aliphatic heterocycles. The minimum Gasteiger partial charge on any atom is -0.456 e. The number of benzene rings is 6. The number of para-hydroxylation sites is 2. The molecule has 0 amide bonds. The molecule has 6 aromatic carbocycles. The molecular weight excluding hydrogens is 540 g/mol. The molecule has 3 aromatic heterocycles. The van der Waals surface area contributed by atoms with Crippen LogP contribution in [0.2, 0.25) is 0 Å². The first-order chi connectivity index (χ1) is 21.8. The molecule has 0 fully saturated rings. The van der Waals surface area contributed by atoms with Crippen molar-refractivity contribution in [3.05, 3.63) is 146 Å². The molecule has 9 aromatic rings. The van der Waals surface area contributed by atoms with Crippen LogP contribution >= 0.6 is 0 Å². The largest absolute Gasteiger partial charge is 0.456 e. The van der Waals surface area contributed by atoms with Crippen molar-refractivity contribution in [2.24, 2.45) is 0 Å². The lowest BCUT2D eigenvalue weighted by atomic mass is 9.97. The van der Waals surface area contributed by atoms with Crippen LogP contribution in [0.4, 0.5) is 0 Å². The maximum absolute atomic E-state index is 6.20. The van der Waals surface area contributed by atoms with Gasteiger partial charge in [-0.15, -0.1) is 0 Å². The molecule has 206 valence electrons. The zero-order valence-corrected chi connectivity index (χ0v) is 23.6. The van der Waals surface area contributed by atoms with E-state index < -0.39 is 0 Å². The lowest BCUT2D eigenvalue weighted by molar-refractivity contribution is 0.668. The van der Waals surface area contributed by atoms with E-state index in [0.29, 0.717) is 5.82 Å². The van der Waals surface area contributed by atoms with E-state index in [1.54, 1.807) is 0 Å². The number of hydrogen-bond donors (Lipinski definition) is 0. The zero-order chi connectivity index (χ0) is 29.0. The SMILES string of the molecule is c1ccc(-c2nc(-c3ccc(-c4cccc5oc6ccccc6c45)cc3)cc(-c3ccc4c(c3)oc3ccccc34)n2)cc1. The van der Waals surface area contributed by atoms with Crippen LogP contribution in [0.5, 0.6) is 0 Å². The summed E-state index contributed by atoms with van der Waals surface area (Å²) in [6.07, 6.45) is 0. The van der Waals surface area contributed by atoms with E-state index >= 15 is 0 Å². The van der Waals surface area contributed by atoms with Gasteiger partial charge in [-0.05, 0) is 47.5 Å². The van der Waals surface area contributed by atoms with Gasteiger partial charge in [-0.3, -0.25) is 0 Å². The molecule has 0 N–H and O–H groups in total. The van der Waals surface area contributed by atoms with Gasteiger partial charge in [-0.2, -0.15) is 0 Å². The summed E-state index contributed by atoms with van der Waals surface area (Å²) in [6, 6.07) is 49.7. The standard InChI is InChI=1S/C40H24N2O2/c1-2-9-27(10-3-1)40-41-33(24-34(42-40)28-21-22-31-30-11-4-6-14-35(30)44-38(31)23-28)26-19-17-25(18-20-26)29-13-8-16-37-39(29)32-12-5-7-15-36(32)43-37/h1-24H. The molecule has 0 radical (unpaired) electrons. The second-order valence-corrected chi connectivity index (χ2v) is 11.0. The van der Waals surface area contributed by atoms with Crippen LogP contribution in [0.25, 0.3) is 88.9 Å². The van der Waals surface area contributed by atoms with Crippen LogP contribution in [0.3, 0.4) is 0 Å². The molecule has 4 nitrogen and oxygen atoms in total. The fourth-order valence-corrected chi connectivity index (χ4v) is 6.18. The Morgan fingerprint density at radius 2 is 0.955 bits per heavy atom. The quantitative estimate of drug-likeness (QED) is 0.213. The topological polar surface area (TPSA) is 52.1 Å². The first kappa shape index (κ1) is 24.6. The van der Waals surface area contributed by atoms with Crippen molar-refractivity contribution in [3.8, 4) is 45.0 Å². The Morgan fingerprint density at radius 3 is 1.77 bits per heavy atom. The summed E-state index contributed by atoms with van der Waals surface area (Å²) in [4.78, 5) is 10.1. The summed E-state index contributed by atoms with van der Waals surface area (Å²) < 4.78 is 12.3. The van der Waals surface area contributed by atoms with Crippen LogP contribution in [0.15, 0.2) is 154 Å². The number of furan rings is 2. The van der Waals surface area contributed by atoms with E-state index in [-0.39, 0.29) is 0 Å². The highest BCUT2D eigenvalue weighted by atomic mass is 16.3. The van der Waals surface area contributed by atoms with E-state index in [2.05, 4.69) is 78.9 Å². The van der Waals surface area contributed by atoms with Crippen molar-refractivity contribution < 1.29 is 8.83 Å². The van der Waals surface area contributed by atoms with Crippen LogP contribution in [-0.2, 0) is 0 Å². The van der Waals surface area contributed by atoms with E-state index in [9.17, 15) is 0 Å². The Bertz CT molecular complexity index is 2490. The first-order valence-corrected chi connectivity index (χ1v) is 14.7. The molecule has 4 heteroatoms. The van der Waals surface area contributed by atoms with Gasteiger partial charge in [0.05, 0.1) is 11.4 Å². The molecule has 3 heterocycles. The van der Waals surface area contributed by atoms with Crippen molar-refractivity contribution in [3.63, 3.8) is 0 Å². The highest BCUT2D eigenvalue weighted by molar-refractivity contribution is 6.12. The Labute approximate surface area is 252 Å². The Hall–Kier alpha value is -6.00. The summed E-state index contributed by atoms with van der Waals surface area (Å²) in [5.74, 6) is 0.682. The van der Waals surface area contributed by atoms with Crippen molar-refractivity contribution in [1.82, 2.24) is 9.97 Å². The monoisotopic (exact) mass is 564 g/mol. The number of fused-ring (bicyclic) bond motifs is 6. The Morgan fingerprint density at radius 1 is 0.364 bits per heavy atom. The molecule has 0 spiro atoms. The van der Waals surface area contributed by atoms with Crippen molar-refractivity contribution in [2.75, 3.05) is 0 Å². The molecule has 44 heavy (non-hydrogen) atoms. The summed E-state index contributed by atoms with van der Waals surface area (Å²) in [5.41, 5.74) is 10.4. The lowest BCUT2D eigenvalue weighted by Gasteiger charge is -2.10. The minimum absolute atomic E-state index is 0.682. The van der Waals surface area contributed by atoms with Crippen molar-refractivity contribution in [2.45, 2.75) is 0 Å². The van der Waals surface area contributed by atoms with Gasteiger partial charge in [0.15, 0.2) is 5.82 Å². The van der Waals surface area contributed by atoms with Gasteiger partial charge in [-0.25, -0.2) is 9.97 Å². The second-order valence-electron chi connectivity index (χ2n) is 11.0. The zero-order valence-electron chi connectivity index (χ0n) is 23.6. The summed E-state index contributed by atoms with van der Waals surface area (Å²) in [6.45, 7) is 0. The third-order valence-corrected chi connectivity index (χ3v) is 8.33. The van der Waals surface area contributed by atoms with Crippen molar-refractivity contribution >= 4 is 43.9 Å². The highest BCUT2D eigenvalue weighted by Gasteiger charge is 2.15. The number of hydrogen-bond acceptors (Lipinski definition) is 4. The predicted molar refractivity (Wildman–Crippen MR) is 178 cm³/mol. The lowest BCUT2D eigenvalue weighted by Crippen LogP contribution is -1.96. The fourth-order valence-electron chi connectivity index (χ4n) is 6.18. The minimum atomic E-state index is 0.682. The smallest absolute Gasteiger partial charge is 0.160 e. The Balaban J connectivity index is 1.17. The number of aromatic nitrogens is 2. The van der Waals surface area contributed by atoms with Crippen LogP contribution < -0.4 is 0 Å².